The van der Waals surface area contributed by atoms with Crippen molar-refractivity contribution in [1.82, 2.24) is 0 Å². The number of rotatable bonds is 0. The smallest absolute Gasteiger partial charge is 0.179 e. The van der Waals surface area contributed by atoms with Crippen LogP contribution < -0.4 is 0 Å². The number of sulfone groups is 1. The molecule has 0 saturated carbocycles. The van der Waals surface area contributed by atoms with Crippen LogP contribution in [0.1, 0.15) is 17.5 Å². The van der Waals surface area contributed by atoms with Crippen LogP contribution in [0.5, 0.6) is 0 Å². The maximum Gasteiger partial charge on any atom is 0.179 e. The molecule has 1 aromatic rings. The van der Waals surface area contributed by atoms with Gasteiger partial charge in [0.2, 0.25) is 0 Å². The molecule has 80 valence electrons. The summed E-state index contributed by atoms with van der Waals surface area (Å²) in [5.41, 5.74) is 1.55. The molecule has 0 fully saturated rings. The molecule has 2 rings (SSSR count). The van der Waals surface area contributed by atoms with Gasteiger partial charge in [-0.25, -0.2) is 8.42 Å². The van der Waals surface area contributed by atoms with E-state index in [0.717, 1.165) is 5.56 Å². The van der Waals surface area contributed by atoms with Crippen LogP contribution in [0.25, 0.3) is 0 Å². The van der Waals surface area contributed by atoms with E-state index < -0.39 is 9.84 Å². The lowest BCUT2D eigenvalue weighted by molar-refractivity contribution is -0.118. The van der Waals surface area contributed by atoms with Gasteiger partial charge in [0, 0.05) is 12.8 Å². The summed E-state index contributed by atoms with van der Waals surface area (Å²) in [4.78, 5) is 11.7. The van der Waals surface area contributed by atoms with Crippen molar-refractivity contribution in [2.75, 3.05) is 5.75 Å². The zero-order chi connectivity index (χ0) is 11.1. The van der Waals surface area contributed by atoms with Gasteiger partial charge in [-0.2, -0.15) is 0 Å². The molecule has 0 atom stereocenters. The van der Waals surface area contributed by atoms with Crippen molar-refractivity contribution in [3.8, 4) is 0 Å². The molecule has 0 amide bonds. The zero-order valence-electron chi connectivity index (χ0n) is 8.49. The summed E-state index contributed by atoms with van der Waals surface area (Å²) in [5.74, 6) is -0.0522. The Hall–Kier alpha value is -1.16. The fourth-order valence-electron chi connectivity index (χ4n) is 1.76. The first-order chi connectivity index (χ1) is 6.99. The van der Waals surface area contributed by atoms with E-state index in [2.05, 4.69) is 0 Å². The van der Waals surface area contributed by atoms with E-state index >= 15 is 0 Å². The number of aryl methyl sites for hydroxylation is 1. The van der Waals surface area contributed by atoms with Crippen LogP contribution in [-0.2, 0) is 21.1 Å². The van der Waals surface area contributed by atoms with Gasteiger partial charge in [-0.05, 0) is 24.1 Å². The van der Waals surface area contributed by atoms with Gasteiger partial charge in [-0.1, -0.05) is 12.1 Å². The first-order valence-electron chi connectivity index (χ1n) is 4.83. The van der Waals surface area contributed by atoms with Crippen molar-refractivity contribution in [3.63, 3.8) is 0 Å². The number of Topliss-reactive ketones (excluding diaryl/α,β-unsaturated/α-hetero) is 1. The lowest BCUT2D eigenvalue weighted by Gasteiger charge is -2.05. The highest BCUT2D eigenvalue weighted by atomic mass is 32.2. The number of hydrogen-bond donors (Lipinski definition) is 0. The summed E-state index contributed by atoms with van der Waals surface area (Å²) >= 11 is 0. The Morgan fingerprint density at radius 2 is 2.00 bits per heavy atom. The molecule has 0 unspecified atom stereocenters. The Labute approximate surface area is 89.0 Å². The van der Waals surface area contributed by atoms with E-state index in [-0.39, 0.29) is 24.4 Å². The van der Waals surface area contributed by atoms with E-state index in [1.54, 1.807) is 12.1 Å². The molecule has 15 heavy (non-hydrogen) atoms. The van der Waals surface area contributed by atoms with Gasteiger partial charge in [0.15, 0.2) is 9.84 Å². The minimum atomic E-state index is -3.25. The SMILES string of the molecule is Cc1ccc2c(c1)S(=O)(=O)CCC(=O)C2. The minimum Gasteiger partial charge on any atom is -0.299 e. The largest absolute Gasteiger partial charge is 0.299 e. The Morgan fingerprint density at radius 3 is 2.73 bits per heavy atom. The van der Waals surface area contributed by atoms with Gasteiger partial charge in [0.1, 0.15) is 5.78 Å². The number of hydrogen-bond acceptors (Lipinski definition) is 3. The Kier molecular flexibility index (Phi) is 2.38. The van der Waals surface area contributed by atoms with E-state index in [4.69, 9.17) is 0 Å². The van der Waals surface area contributed by atoms with Crippen LogP contribution in [0, 0.1) is 6.92 Å². The molecule has 0 saturated heterocycles. The highest BCUT2D eigenvalue weighted by Gasteiger charge is 2.25. The lowest BCUT2D eigenvalue weighted by Crippen LogP contribution is -2.07. The predicted molar refractivity (Wildman–Crippen MR) is 56.6 cm³/mol. The third kappa shape index (κ3) is 1.95. The Morgan fingerprint density at radius 1 is 1.27 bits per heavy atom. The van der Waals surface area contributed by atoms with Crippen molar-refractivity contribution >= 4 is 15.6 Å². The van der Waals surface area contributed by atoms with E-state index in [1.807, 2.05) is 13.0 Å². The summed E-state index contributed by atoms with van der Waals surface area (Å²) in [5, 5.41) is 0. The standard InChI is InChI=1S/C11H12O3S/c1-8-2-3-9-7-10(12)4-5-15(13,14)11(9)6-8/h2-3,6H,4-5,7H2,1H3. The van der Waals surface area contributed by atoms with Crippen LogP contribution in [0.2, 0.25) is 0 Å². The summed E-state index contributed by atoms with van der Waals surface area (Å²) in [6, 6.07) is 5.24. The average Bonchev–Trinajstić information content (AvgIpc) is 2.27. The number of fused-ring (bicyclic) bond motifs is 1. The number of benzene rings is 1. The first-order valence-corrected chi connectivity index (χ1v) is 6.48. The second-order valence-corrected chi connectivity index (χ2v) is 5.97. The molecule has 0 aliphatic carbocycles. The minimum absolute atomic E-state index is 0.00109. The number of ketones is 1. The van der Waals surface area contributed by atoms with Crippen LogP contribution >= 0.6 is 0 Å². The molecule has 4 heteroatoms. The van der Waals surface area contributed by atoms with Crippen molar-refractivity contribution in [2.45, 2.75) is 24.7 Å². The van der Waals surface area contributed by atoms with Crippen LogP contribution in [0.3, 0.4) is 0 Å². The normalized spacial score (nSPS) is 19.4. The Balaban J connectivity index is 2.66. The molecular formula is C11H12O3S. The highest BCUT2D eigenvalue weighted by molar-refractivity contribution is 7.91. The molecule has 0 spiro atoms. The van der Waals surface area contributed by atoms with Crippen molar-refractivity contribution < 1.29 is 13.2 Å². The van der Waals surface area contributed by atoms with Gasteiger partial charge in [-0.15, -0.1) is 0 Å². The quantitative estimate of drug-likeness (QED) is 0.667. The monoisotopic (exact) mass is 224 g/mol. The summed E-state index contributed by atoms with van der Waals surface area (Å²) in [7, 11) is -3.25. The van der Waals surface area contributed by atoms with Crippen LogP contribution in [0.4, 0.5) is 0 Å². The molecular weight excluding hydrogens is 212 g/mol. The molecule has 0 radical (unpaired) electrons. The van der Waals surface area contributed by atoms with Gasteiger partial charge in [0.25, 0.3) is 0 Å². The van der Waals surface area contributed by atoms with Crippen molar-refractivity contribution in [3.05, 3.63) is 29.3 Å². The van der Waals surface area contributed by atoms with Crippen LogP contribution in [0.15, 0.2) is 23.1 Å². The zero-order valence-corrected chi connectivity index (χ0v) is 9.30. The summed E-state index contributed by atoms with van der Waals surface area (Å²) in [6.07, 6.45) is 0.380. The lowest BCUT2D eigenvalue weighted by atomic mass is 10.1. The third-order valence-corrected chi connectivity index (χ3v) is 4.39. The van der Waals surface area contributed by atoms with E-state index in [0.29, 0.717) is 10.5 Å². The van der Waals surface area contributed by atoms with E-state index in [9.17, 15) is 13.2 Å². The van der Waals surface area contributed by atoms with Gasteiger partial charge >= 0.3 is 0 Å². The first kappa shape index (κ1) is 10.4. The maximum absolute atomic E-state index is 11.8. The fourth-order valence-corrected chi connectivity index (χ4v) is 3.38. The van der Waals surface area contributed by atoms with E-state index in [1.165, 1.54) is 0 Å². The van der Waals surface area contributed by atoms with Crippen molar-refractivity contribution in [2.24, 2.45) is 0 Å². The highest BCUT2D eigenvalue weighted by Crippen LogP contribution is 2.23. The second-order valence-electron chi connectivity index (χ2n) is 3.90. The fraction of sp³-hybridized carbons (Fsp3) is 0.364. The number of carbonyl (C=O) groups is 1. The van der Waals surface area contributed by atoms with Gasteiger partial charge in [0.05, 0.1) is 10.6 Å². The van der Waals surface area contributed by atoms with Gasteiger partial charge < -0.3 is 0 Å². The second kappa shape index (κ2) is 3.45. The summed E-state index contributed by atoms with van der Waals surface area (Å²) in [6.45, 7) is 1.85. The molecule has 1 heterocycles. The van der Waals surface area contributed by atoms with Crippen LogP contribution in [-0.4, -0.2) is 20.0 Å². The number of carbonyl (C=O) groups excluding carboxylic acids is 1. The predicted octanol–water partition coefficient (Wildman–Crippen LogP) is 1.28. The van der Waals surface area contributed by atoms with Crippen molar-refractivity contribution in [1.29, 1.82) is 0 Å². The molecule has 1 aliphatic rings. The summed E-state index contributed by atoms with van der Waals surface area (Å²) < 4.78 is 23.7. The maximum atomic E-state index is 11.8. The average molecular weight is 224 g/mol. The molecule has 3 nitrogen and oxygen atoms in total. The molecule has 1 aliphatic heterocycles. The van der Waals surface area contributed by atoms with Gasteiger partial charge in [-0.3, -0.25) is 4.79 Å². The molecule has 0 N–H and O–H groups in total. The Bertz CT molecular complexity index is 515. The topological polar surface area (TPSA) is 51.2 Å². The molecule has 0 bridgehead atoms. The molecule has 0 aromatic heterocycles. The third-order valence-electron chi connectivity index (χ3n) is 2.59. The molecule has 1 aromatic carbocycles.